The molecule has 1 heterocycles. The number of nitrogens with zero attached hydrogens (tertiary/aromatic N) is 1. The highest BCUT2D eigenvalue weighted by atomic mass is 32.2. The Morgan fingerprint density at radius 3 is 2.60 bits per heavy atom. The lowest BCUT2D eigenvalue weighted by molar-refractivity contribution is -0.142. The number of amides is 2. The predicted molar refractivity (Wildman–Crippen MR) is 96.1 cm³/mol. The van der Waals surface area contributed by atoms with Crippen molar-refractivity contribution in [1.82, 2.24) is 10.2 Å². The standard InChI is InChI=1S/C16H15FN2O4S2/c1-8(15(22)23)18-13(20)9(2)19-14(21)12(25-16(19)24)7-10-5-3-4-6-11(10)17/h3-9H,1-2H3,(H,18,20)(H,22,23)/b12-7-. The average Bonchev–Trinajstić information content (AvgIpc) is 2.82. The molecule has 1 fully saturated rings. The van der Waals surface area contributed by atoms with Gasteiger partial charge < -0.3 is 10.4 Å². The molecule has 2 N–H and O–H groups in total. The van der Waals surface area contributed by atoms with Crippen molar-refractivity contribution in [2.24, 2.45) is 0 Å². The molecule has 1 aliphatic heterocycles. The molecule has 2 rings (SSSR count). The minimum absolute atomic E-state index is 0.151. The summed E-state index contributed by atoms with van der Waals surface area (Å²) < 4.78 is 13.9. The quantitative estimate of drug-likeness (QED) is 0.598. The number of benzene rings is 1. The van der Waals surface area contributed by atoms with Crippen molar-refractivity contribution in [3.8, 4) is 0 Å². The summed E-state index contributed by atoms with van der Waals surface area (Å²) in [7, 11) is 0. The number of aliphatic carboxylic acids is 1. The number of thioether (sulfide) groups is 1. The zero-order chi connectivity index (χ0) is 18.7. The van der Waals surface area contributed by atoms with Gasteiger partial charge in [-0.05, 0) is 26.0 Å². The summed E-state index contributed by atoms with van der Waals surface area (Å²) in [5.41, 5.74) is 0.236. The fourth-order valence-electron chi connectivity index (χ4n) is 2.06. The Morgan fingerprint density at radius 2 is 2.00 bits per heavy atom. The molecule has 0 spiro atoms. The largest absolute Gasteiger partial charge is 0.480 e. The van der Waals surface area contributed by atoms with Gasteiger partial charge in [-0.15, -0.1) is 0 Å². The molecule has 0 bridgehead atoms. The minimum atomic E-state index is -1.19. The highest BCUT2D eigenvalue weighted by Gasteiger charge is 2.38. The predicted octanol–water partition coefficient (Wildman–Crippen LogP) is 2.00. The fourth-order valence-corrected chi connectivity index (χ4v) is 3.47. The van der Waals surface area contributed by atoms with Crippen molar-refractivity contribution in [2.45, 2.75) is 25.9 Å². The first-order valence-electron chi connectivity index (χ1n) is 7.27. The van der Waals surface area contributed by atoms with Crippen LogP contribution in [0.4, 0.5) is 4.39 Å². The van der Waals surface area contributed by atoms with Gasteiger partial charge in [-0.3, -0.25) is 19.3 Å². The summed E-state index contributed by atoms with van der Waals surface area (Å²) in [5, 5.41) is 11.1. The molecule has 1 aromatic carbocycles. The Labute approximate surface area is 153 Å². The fraction of sp³-hybridized carbons (Fsp3) is 0.250. The van der Waals surface area contributed by atoms with Crippen molar-refractivity contribution in [1.29, 1.82) is 0 Å². The van der Waals surface area contributed by atoms with E-state index in [9.17, 15) is 18.8 Å². The van der Waals surface area contributed by atoms with Crippen molar-refractivity contribution >= 4 is 52.2 Å². The molecule has 25 heavy (non-hydrogen) atoms. The lowest BCUT2D eigenvalue weighted by Crippen LogP contribution is -2.50. The van der Waals surface area contributed by atoms with Crippen LogP contribution in [0, 0.1) is 5.82 Å². The molecule has 1 aliphatic rings. The minimum Gasteiger partial charge on any atom is -0.480 e. The highest BCUT2D eigenvalue weighted by Crippen LogP contribution is 2.34. The van der Waals surface area contributed by atoms with E-state index in [1.165, 1.54) is 38.1 Å². The molecule has 2 unspecified atom stereocenters. The van der Waals surface area contributed by atoms with Gasteiger partial charge in [0.2, 0.25) is 5.91 Å². The van der Waals surface area contributed by atoms with E-state index >= 15 is 0 Å². The van der Waals surface area contributed by atoms with Crippen LogP contribution in [-0.4, -0.2) is 44.2 Å². The van der Waals surface area contributed by atoms with E-state index in [0.29, 0.717) is 0 Å². The number of hydrogen-bond acceptors (Lipinski definition) is 5. The number of thiocarbonyl (C=S) groups is 1. The molecule has 0 radical (unpaired) electrons. The molecule has 132 valence electrons. The molecular weight excluding hydrogens is 367 g/mol. The summed E-state index contributed by atoms with van der Waals surface area (Å²) in [5.74, 6) is -2.83. The van der Waals surface area contributed by atoms with Crippen molar-refractivity contribution in [3.63, 3.8) is 0 Å². The third kappa shape index (κ3) is 4.23. The lowest BCUT2D eigenvalue weighted by atomic mass is 10.2. The maximum Gasteiger partial charge on any atom is 0.325 e. The molecule has 9 heteroatoms. The Morgan fingerprint density at radius 1 is 1.36 bits per heavy atom. The van der Waals surface area contributed by atoms with Crippen LogP contribution in [0.15, 0.2) is 29.2 Å². The summed E-state index contributed by atoms with van der Waals surface area (Å²) in [6.45, 7) is 2.76. The number of rotatable bonds is 5. The van der Waals surface area contributed by atoms with Crippen molar-refractivity contribution in [2.75, 3.05) is 0 Å². The molecule has 1 aromatic rings. The van der Waals surface area contributed by atoms with Gasteiger partial charge in [0.05, 0.1) is 4.91 Å². The second-order valence-electron chi connectivity index (χ2n) is 5.32. The summed E-state index contributed by atoms with van der Waals surface area (Å²) in [4.78, 5) is 36.8. The first-order valence-corrected chi connectivity index (χ1v) is 8.49. The second kappa shape index (κ2) is 7.75. The van der Waals surface area contributed by atoms with Crippen LogP contribution in [0.2, 0.25) is 0 Å². The van der Waals surface area contributed by atoms with Gasteiger partial charge in [0.15, 0.2) is 0 Å². The van der Waals surface area contributed by atoms with E-state index in [1.54, 1.807) is 6.07 Å². The number of carboxylic acids is 1. The third-order valence-corrected chi connectivity index (χ3v) is 4.84. The normalized spacial score (nSPS) is 18.4. The maximum absolute atomic E-state index is 13.7. The van der Waals surface area contributed by atoms with Crippen LogP contribution in [0.1, 0.15) is 19.4 Å². The van der Waals surface area contributed by atoms with Crippen LogP contribution < -0.4 is 5.32 Å². The highest BCUT2D eigenvalue weighted by molar-refractivity contribution is 8.26. The number of carboxylic acid groups (broad SMARTS) is 1. The third-order valence-electron chi connectivity index (χ3n) is 3.51. The monoisotopic (exact) mass is 382 g/mol. The van der Waals surface area contributed by atoms with Crippen LogP contribution in [0.5, 0.6) is 0 Å². The number of carbonyl (C=O) groups is 3. The van der Waals surface area contributed by atoms with Crippen molar-refractivity contribution < 1.29 is 23.9 Å². The maximum atomic E-state index is 13.7. The van der Waals surface area contributed by atoms with E-state index in [1.807, 2.05) is 0 Å². The zero-order valence-electron chi connectivity index (χ0n) is 13.4. The average molecular weight is 382 g/mol. The SMILES string of the molecule is CC(NC(=O)C(C)N1C(=O)/C(=C/c2ccccc2F)SC1=S)C(=O)O. The van der Waals surface area contributed by atoms with Gasteiger partial charge in [0.1, 0.15) is 22.2 Å². The van der Waals surface area contributed by atoms with Crippen LogP contribution in [-0.2, 0) is 14.4 Å². The van der Waals surface area contributed by atoms with Crippen LogP contribution in [0.25, 0.3) is 6.08 Å². The van der Waals surface area contributed by atoms with Gasteiger partial charge in [0, 0.05) is 5.56 Å². The topological polar surface area (TPSA) is 86.7 Å². The molecule has 1 saturated heterocycles. The van der Waals surface area contributed by atoms with Crippen LogP contribution in [0.3, 0.4) is 0 Å². The molecule has 0 aliphatic carbocycles. The summed E-state index contributed by atoms with van der Waals surface area (Å²) >= 11 is 6.10. The summed E-state index contributed by atoms with van der Waals surface area (Å²) in [6, 6.07) is 3.89. The van der Waals surface area contributed by atoms with Gasteiger partial charge in [-0.1, -0.05) is 42.2 Å². The Kier molecular flexibility index (Phi) is 5.91. The van der Waals surface area contributed by atoms with Crippen LogP contribution >= 0.6 is 24.0 Å². The zero-order valence-corrected chi connectivity index (χ0v) is 15.0. The number of halogens is 1. The smallest absolute Gasteiger partial charge is 0.325 e. The van der Waals surface area contributed by atoms with E-state index in [-0.39, 0.29) is 14.8 Å². The Balaban J connectivity index is 2.19. The number of nitrogens with one attached hydrogen (secondary N) is 1. The molecule has 6 nitrogen and oxygen atoms in total. The van der Waals surface area contributed by atoms with Gasteiger partial charge in [-0.25, -0.2) is 4.39 Å². The Hall–Kier alpha value is -2.26. The van der Waals surface area contributed by atoms with E-state index in [4.69, 9.17) is 17.3 Å². The molecule has 2 amide bonds. The first-order chi connectivity index (χ1) is 11.7. The van der Waals surface area contributed by atoms with Gasteiger partial charge >= 0.3 is 5.97 Å². The Bertz CT molecular complexity index is 781. The molecule has 0 aromatic heterocycles. The van der Waals surface area contributed by atoms with E-state index in [2.05, 4.69) is 5.32 Å². The van der Waals surface area contributed by atoms with E-state index < -0.39 is 35.7 Å². The summed E-state index contributed by atoms with van der Waals surface area (Å²) in [6.07, 6.45) is 1.37. The molecule has 2 atom stereocenters. The number of hydrogen-bond donors (Lipinski definition) is 2. The van der Waals surface area contributed by atoms with Gasteiger partial charge in [0.25, 0.3) is 5.91 Å². The number of carbonyl (C=O) groups excluding carboxylic acids is 2. The second-order valence-corrected chi connectivity index (χ2v) is 6.99. The molecule has 0 saturated carbocycles. The lowest BCUT2D eigenvalue weighted by Gasteiger charge is -2.23. The van der Waals surface area contributed by atoms with Crippen molar-refractivity contribution in [3.05, 3.63) is 40.6 Å². The van der Waals surface area contributed by atoms with E-state index in [0.717, 1.165) is 16.7 Å². The molecular formula is C16H15FN2O4S2. The van der Waals surface area contributed by atoms with Gasteiger partial charge in [-0.2, -0.15) is 0 Å². The first kappa shape index (κ1) is 19.1.